The van der Waals surface area contributed by atoms with Gasteiger partial charge in [0.05, 0.1) is 5.39 Å². The number of rotatable bonds is 1. The largest absolute Gasteiger partial charge is 0.355 e. The van der Waals surface area contributed by atoms with Crippen LogP contribution in [0.1, 0.15) is 12.8 Å². The van der Waals surface area contributed by atoms with Crippen molar-refractivity contribution < 1.29 is 0 Å². The molecule has 4 rings (SSSR count). The Morgan fingerprint density at radius 3 is 2.67 bits per heavy atom. The highest BCUT2D eigenvalue weighted by Crippen LogP contribution is 2.37. The Hall–Kier alpha value is -1.42. The van der Waals surface area contributed by atoms with Crippen LogP contribution in [0.5, 0.6) is 0 Å². The first-order chi connectivity index (χ1) is 8.92. The number of anilines is 1. The summed E-state index contributed by atoms with van der Waals surface area (Å²) in [6.45, 7) is 2.30. The Bertz CT molecular complexity index is 588. The van der Waals surface area contributed by atoms with Crippen LogP contribution in [0.2, 0.25) is 0 Å². The summed E-state index contributed by atoms with van der Waals surface area (Å²) in [6.07, 6.45) is 8.85. The predicted molar refractivity (Wildman–Crippen MR) is 75.0 cm³/mol. The minimum absolute atomic E-state index is 0.818. The van der Waals surface area contributed by atoms with E-state index in [-0.39, 0.29) is 0 Å². The minimum Gasteiger partial charge on any atom is -0.355 e. The van der Waals surface area contributed by atoms with Crippen molar-refractivity contribution in [2.24, 2.45) is 11.8 Å². The second kappa shape index (κ2) is 4.05. The number of hydrogen-bond acceptors (Lipinski definition) is 4. The molecule has 0 aromatic carbocycles. The van der Waals surface area contributed by atoms with Crippen molar-refractivity contribution in [3.05, 3.63) is 29.9 Å². The van der Waals surface area contributed by atoms with E-state index in [1.165, 1.54) is 18.2 Å². The molecular formula is C14H15N3S. The van der Waals surface area contributed by atoms with Crippen molar-refractivity contribution in [2.45, 2.75) is 12.8 Å². The molecule has 2 aliphatic rings. The molecule has 0 saturated carbocycles. The molecule has 18 heavy (non-hydrogen) atoms. The highest BCUT2D eigenvalue weighted by atomic mass is 32.1. The molecule has 1 fully saturated rings. The third-order valence-corrected chi connectivity index (χ3v) is 4.98. The zero-order valence-electron chi connectivity index (χ0n) is 10.1. The first kappa shape index (κ1) is 10.5. The molecule has 2 aromatic rings. The molecule has 4 heteroatoms. The third-order valence-electron chi connectivity index (χ3n) is 4.16. The summed E-state index contributed by atoms with van der Waals surface area (Å²) >= 11 is 1.70. The van der Waals surface area contributed by atoms with Gasteiger partial charge in [-0.1, -0.05) is 12.2 Å². The molecule has 0 amide bonds. The van der Waals surface area contributed by atoms with E-state index in [0.29, 0.717) is 0 Å². The quantitative estimate of drug-likeness (QED) is 0.735. The third kappa shape index (κ3) is 1.56. The fourth-order valence-electron chi connectivity index (χ4n) is 3.22. The van der Waals surface area contributed by atoms with Crippen molar-refractivity contribution in [2.75, 3.05) is 18.0 Å². The van der Waals surface area contributed by atoms with Crippen LogP contribution in [0.4, 0.5) is 5.82 Å². The summed E-state index contributed by atoms with van der Waals surface area (Å²) in [5.41, 5.74) is 0. The highest BCUT2D eigenvalue weighted by molar-refractivity contribution is 7.16. The first-order valence-corrected chi connectivity index (χ1v) is 7.38. The van der Waals surface area contributed by atoms with Gasteiger partial charge in [0.2, 0.25) is 0 Å². The van der Waals surface area contributed by atoms with E-state index < -0.39 is 0 Å². The van der Waals surface area contributed by atoms with E-state index in [2.05, 4.69) is 38.5 Å². The van der Waals surface area contributed by atoms with Crippen LogP contribution in [0.25, 0.3) is 10.2 Å². The predicted octanol–water partition coefficient (Wildman–Crippen LogP) is 3.09. The Morgan fingerprint density at radius 1 is 1.11 bits per heavy atom. The van der Waals surface area contributed by atoms with Gasteiger partial charge in [-0.25, -0.2) is 9.97 Å². The Balaban J connectivity index is 1.70. The van der Waals surface area contributed by atoms with Crippen molar-refractivity contribution in [3.63, 3.8) is 0 Å². The molecule has 0 radical (unpaired) electrons. The molecule has 0 bridgehead atoms. The molecular weight excluding hydrogens is 242 g/mol. The van der Waals surface area contributed by atoms with Gasteiger partial charge < -0.3 is 4.90 Å². The maximum absolute atomic E-state index is 4.52. The number of fused-ring (bicyclic) bond motifs is 2. The molecule has 0 unspecified atom stereocenters. The molecule has 2 atom stereocenters. The van der Waals surface area contributed by atoms with E-state index in [4.69, 9.17) is 0 Å². The van der Waals surface area contributed by atoms with Crippen molar-refractivity contribution in [1.82, 2.24) is 9.97 Å². The Morgan fingerprint density at radius 2 is 1.89 bits per heavy atom. The van der Waals surface area contributed by atoms with Gasteiger partial charge >= 0.3 is 0 Å². The lowest BCUT2D eigenvalue weighted by Crippen LogP contribution is -2.21. The maximum Gasteiger partial charge on any atom is 0.140 e. The number of allylic oxidation sites excluding steroid dienone is 2. The zero-order chi connectivity index (χ0) is 11.9. The summed E-state index contributed by atoms with van der Waals surface area (Å²) < 4.78 is 0. The summed E-state index contributed by atoms with van der Waals surface area (Å²) in [5, 5.41) is 3.32. The van der Waals surface area contributed by atoms with Gasteiger partial charge in [-0.05, 0) is 36.1 Å². The molecule has 3 heterocycles. The van der Waals surface area contributed by atoms with Gasteiger partial charge in [0, 0.05) is 13.1 Å². The van der Waals surface area contributed by atoms with Gasteiger partial charge in [0.1, 0.15) is 17.0 Å². The van der Waals surface area contributed by atoms with Crippen molar-refractivity contribution in [1.29, 1.82) is 0 Å². The lowest BCUT2D eigenvalue weighted by atomic mass is 9.86. The lowest BCUT2D eigenvalue weighted by molar-refractivity contribution is 0.411. The topological polar surface area (TPSA) is 29.0 Å². The van der Waals surface area contributed by atoms with E-state index >= 15 is 0 Å². The Kier molecular flexibility index (Phi) is 2.36. The minimum atomic E-state index is 0.818. The molecule has 1 saturated heterocycles. The van der Waals surface area contributed by atoms with Crippen molar-refractivity contribution >= 4 is 27.4 Å². The second-order valence-corrected chi connectivity index (χ2v) is 6.10. The summed E-state index contributed by atoms with van der Waals surface area (Å²) in [6, 6.07) is 2.15. The average molecular weight is 257 g/mol. The monoisotopic (exact) mass is 257 g/mol. The molecule has 3 nitrogen and oxygen atoms in total. The number of nitrogens with zero attached hydrogens (tertiary/aromatic N) is 3. The zero-order valence-corrected chi connectivity index (χ0v) is 10.9. The van der Waals surface area contributed by atoms with E-state index in [1.807, 2.05) is 0 Å². The van der Waals surface area contributed by atoms with Crippen LogP contribution >= 0.6 is 11.3 Å². The van der Waals surface area contributed by atoms with Gasteiger partial charge in [-0.15, -0.1) is 11.3 Å². The fourth-order valence-corrected chi connectivity index (χ4v) is 3.94. The molecule has 1 aliphatic carbocycles. The van der Waals surface area contributed by atoms with E-state index in [0.717, 1.165) is 35.6 Å². The highest BCUT2D eigenvalue weighted by Gasteiger charge is 2.33. The number of thiophene rings is 1. The molecule has 1 aliphatic heterocycles. The number of hydrogen-bond donors (Lipinski definition) is 0. The fraction of sp³-hybridized carbons (Fsp3) is 0.429. The van der Waals surface area contributed by atoms with E-state index in [1.54, 1.807) is 17.7 Å². The van der Waals surface area contributed by atoms with Crippen molar-refractivity contribution in [3.8, 4) is 0 Å². The summed E-state index contributed by atoms with van der Waals surface area (Å²) in [4.78, 5) is 12.4. The lowest BCUT2D eigenvalue weighted by Gasteiger charge is -2.17. The molecule has 0 spiro atoms. The van der Waals surface area contributed by atoms with Crippen LogP contribution in [0, 0.1) is 11.8 Å². The van der Waals surface area contributed by atoms with Gasteiger partial charge in [0.15, 0.2) is 0 Å². The molecule has 2 aromatic heterocycles. The van der Waals surface area contributed by atoms with Crippen LogP contribution in [-0.2, 0) is 0 Å². The van der Waals surface area contributed by atoms with Gasteiger partial charge in [-0.2, -0.15) is 0 Å². The SMILES string of the molecule is C1=CC[C@H]2CN(c3ncnc4sccc34)C[C@H]2C1. The Labute approximate surface area is 110 Å². The van der Waals surface area contributed by atoms with Crippen LogP contribution in [-0.4, -0.2) is 23.1 Å². The van der Waals surface area contributed by atoms with E-state index in [9.17, 15) is 0 Å². The molecule has 92 valence electrons. The average Bonchev–Trinajstić information content (AvgIpc) is 3.04. The normalized spacial score (nSPS) is 26.8. The smallest absolute Gasteiger partial charge is 0.140 e. The molecule has 0 N–H and O–H groups in total. The van der Waals surface area contributed by atoms with Crippen LogP contribution in [0.3, 0.4) is 0 Å². The maximum atomic E-state index is 4.52. The second-order valence-electron chi connectivity index (χ2n) is 5.20. The van der Waals surface area contributed by atoms with Gasteiger partial charge in [0.25, 0.3) is 0 Å². The number of aromatic nitrogens is 2. The summed E-state index contributed by atoms with van der Waals surface area (Å²) in [7, 11) is 0. The van der Waals surface area contributed by atoms with Crippen LogP contribution in [0.15, 0.2) is 29.9 Å². The van der Waals surface area contributed by atoms with Gasteiger partial charge in [-0.3, -0.25) is 0 Å². The standard InChI is InChI=1S/C14H15N3S/c1-2-4-11-8-17(7-10(11)3-1)13-12-5-6-18-14(12)16-9-15-13/h1-2,5-6,9-11H,3-4,7-8H2/t10-,11+. The van der Waals surface area contributed by atoms with Crippen LogP contribution < -0.4 is 4.90 Å². The summed E-state index contributed by atoms with van der Waals surface area (Å²) in [5.74, 6) is 2.77. The first-order valence-electron chi connectivity index (χ1n) is 6.50.